The summed E-state index contributed by atoms with van der Waals surface area (Å²) in [6.07, 6.45) is 2.30. The zero-order valence-electron chi connectivity index (χ0n) is 17.5. The maximum absolute atomic E-state index is 12.3. The van der Waals surface area contributed by atoms with E-state index in [-0.39, 0.29) is 11.7 Å². The summed E-state index contributed by atoms with van der Waals surface area (Å²) >= 11 is 0. The Morgan fingerprint density at radius 2 is 1.81 bits per heavy atom. The highest BCUT2D eigenvalue weighted by Gasteiger charge is 2.13. The predicted octanol–water partition coefficient (Wildman–Crippen LogP) is 5.18. The van der Waals surface area contributed by atoms with Gasteiger partial charge in [0.2, 0.25) is 0 Å². The van der Waals surface area contributed by atoms with Crippen molar-refractivity contribution in [3.05, 3.63) is 96.7 Å². The maximum atomic E-state index is 12.3. The van der Waals surface area contributed by atoms with E-state index in [4.69, 9.17) is 14.1 Å². The smallest absolute Gasteiger partial charge is 0.287 e. The molecule has 6 heteroatoms. The normalized spacial score (nSPS) is 11.1. The molecule has 6 nitrogen and oxygen atoms in total. The number of para-hydroxylation sites is 2. The predicted molar refractivity (Wildman–Crippen MR) is 124 cm³/mol. The number of nitrogens with one attached hydrogen (secondary N) is 1. The van der Waals surface area contributed by atoms with Gasteiger partial charge in [-0.15, -0.1) is 0 Å². The molecule has 1 amide bonds. The van der Waals surface area contributed by atoms with E-state index in [1.165, 1.54) is 17.0 Å². The van der Waals surface area contributed by atoms with E-state index in [0.717, 1.165) is 35.6 Å². The van der Waals surface area contributed by atoms with Crippen LogP contribution in [0.1, 0.15) is 22.8 Å². The second kappa shape index (κ2) is 8.98. The van der Waals surface area contributed by atoms with Gasteiger partial charge >= 0.3 is 0 Å². The number of rotatable bonds is 8. The standard InChI is InChI=1S/C26H23N3O3/c30-26(24-11-5-15-32-24)27-18-25-28-22-9-3-4-10-23(22)29(25)14-6-16-31-21-13-12-19-7-1-2-8-20(19)17-21/h1-5,7-13,15,17H,6,14,16,18H2,(H,27,30). The number of fused-ring (bicyclic) bond motifs is 2. The third kappa shape index (κ3) is 4.21. The number of aromatic nitrogens is 2. The number of amides is 1. The molecule has 0 fully saturated rings. The average Bonchev–Trinajstić information content (AvgIpc) is 3.49. The summed E-state index contributed by atoms with van der Waals surface area (Å²) in [4.78, 5) is 17.0. The van der Waals surface area contributed by atoms with E-state index in [1.54, 1.807) is 12.1 Å². The summed E-state index contributed by atoms with van der Waals surface area (Å²) in [6, 6.07) is 25.7. The highest BCUT2D eigenvalue weighted by atomic mass is 16.5. The van der Waals surface area contributed by atoms with Crippen LogP contribution < -0.4 is 10.1 Å². The van der Waals surface area contributed by atoms with Crippen molar-refractivity contribution in [3.63, 3.8) is 0 Å². The molecule has 0 aliphatic rings. The molecule has 160 valence electrons. The van der Waals surface area contributed by atoms with Gasteiger partial charge in [0.05, 0.1) is 30.4 Å². The fraction of sp³-hybridized carbons (Fsp3) is 0.154. The van der Waals surface area contributed by atoms with Crippen molar-refractivity contribution < 1.29 is 13.9 Å². The Kier molecular flexibility index (Phi) is 5.58. The lowest BCUT2D eigenvalue weighted by Gasteiger charge is -2.11. The number of imidazole rings is 1. The minimum absolute atomic E-state index is 0.256. The first-order valence-corrected chi connectivity index (χ1v) is 10.7. The van der Waals surface area contributed by atoms with Crippen LogP contribution in [0.3, 0.4) is 0 Å². The topological polar surface area (TPSA) is 69.3 Å². The first kappa shape index (κ1) is 19.9. The lowest BCUT2D eigenvalue weighted by atomic mass is 10.1. The van der Waals surface area contributed by atoms with Gasteiger partial charge in [-0.3, -0.25) is 4.79 Å². The minimum Gasteiger partial charge on any atom is -0.494 e. The molecule has 32 heavy (non-hydrogen) atoms. The first-order valence-electron chi connectivity index (χ1n) is 10.7. The first-order chi connectivity index (χ1) is 15.8. The van der Waals surface area contributed by atoms with Crippen molar-refractivity contribution in [2.75, 3.05) is 6.61 Å². The summed E-state index contributed by atoms with van der Waals surface area (Å²) < 4.78 is 13.3. The molecule has 0 saturated carbocycles. The van der Waals surface area contributed by atoms with Gasteiger partial charge in [0.25, 0.3) is 5.91 Å². The maximum Gasteiger partial charge on any atom is 0.287 e. The van der Waals surface area contributed by atoms with E-state index in [2.05, 4.69) is 34.1 Å². The Balaban J connectivity index is 1.25. The van der Waals surface area contributed by atoms with Gasteiger partial charge in [-0.25, -0.2) is 4.98 Å². The van der Waals surface area contributed by atoms with Crippen LogP contribution >= 0.6 is 0 Å². The lowest BCUT2D eigenvalue weighted by molar-refractivity contribution is 0.0921. The van der Waals surface area contributed by atoms with Crippen molar-refractivity contribution in [3.8, 4) is 5.75 Å². The largest absolute Gasteiger partial charge is 0.494 e. The SMILES string of the molecule is O=C(NCc1nc2ccccc2n1CCCOc1ccc2ccccc2c1)c1ccco1. The third-order valence-electron chi connectivity index (χ3n) is 5.40. The number of aryl methyl sites for hydroxylation is 1. The Morgan fingerprint density at radius 1 is 0.969 bits per heavy atom. The molecule has 0 saturated heterocycles. The van der Waals surface area contributed by atoms with Gasteiger partial charge in [0, 0.05) is 6.54 Å². The molecule has 2 aromatic heterocycles. The zero-order valence-corrected chi connectivity index (χ0v) is 17.5. The number of ether oxygens (including phenoxy) is 1. The Morgan fingerprint density at radius 3 is 2.69 bits per heavy atom. The van der Waals surface area contributed by atoms with Crippen LogP contribution in [0, 0.1) is 0 Å². The Hall–Kier alpha value is -4.06. The number of hydrogen-bond donors (Lipinski definition) is 1. The fourth-order valence-electron chi connectivity index (χ4n) is 3.83. The molecular formula is C26H23N3O3. The van der Waals surface area contributed by atoms with Gasteiger partial charge < -0.3 is 19.0 Å². The van der Waals surface area contributed by atoms with Crippen LogP contribution in [-0.2, 0) is 13.1 Å². The van der Waals surface area contributed by atoms with Crippen LogP contribution in [0.2, 0.25) is 0 Å². The van der Waals surface area contributed by atoms with Gasteiger partial charge in [-0.2, -0.15) is 0 Å². The van der Waals surface area contributed by atoms with E-state index in [0.29, 0.717) is 13.2 Å². The second-order valence-corrected chi connectivity index (χ2v) is 7.54. The van der Waals surface area contributed by atoms with E-state index in [9.17, 15) is 4.79 Å². The summed E-state index contributed by atoms with van der Waals surface area (Å²) in [5.74, 6) is 1.70. The van der Waals surface area contributed by atoms with Crippen LogP contribution in [0.4, 0.5) is 0 Å². The Bertz CT molecular complexity index is 1360. The monoisotopic (exact) mass is 425 g/mol. The molecule has 1 N–H and O–H groups in total. The minimum atomic E-state index is -0.256. The van der Waals surface area contributed by atoms with Gasteiger partial charge in [-0.1, -0.05) is 42.5 Å². The molecule has 0 atom stereocenters. The van der Waals surface area contributed by atoms with Crippen LogP contribution in [0.15, 0.2) is 89.5 Å². The molecule has 3 aromatic carbocycles. The summed E-state index contributed by atoms with van der Waals surface area (Å²) in [5, 5.41) is 5.26. The van der Waals surface area contributed by atoms with Crippen molar-refractivity contribution in [1.29, 1.82) is 0 Å². The van der Waals surface area contributed by atoms with E-state index >= 15 is 0 Å². The molecular weight excluding hydrogens is 402 g/mol. The van der Waals surface area contributed by atoms with Crippen molar-refractivity contribution >= 4 is 27.7 Å². The average molecular weight is 425 g/mol. The molecule has 5 aromatic rings. The quantitative estimate of drug-likeness (QED) is 0.348. The number of hydrogen-bond acceptors (Lipinski definition) is 4. The number of nitrogens with zero attached hydrogens (tertiary/aromatic N) is 2. The van der Waals surface area contributed by atoms with E-state index in [1.807, 2.05) is 42.5 Å². The number of benzene rings is 3. The summed E-state index contributed by atoms with van der Waals surface area (Å²) in [7, 11) is 0. The highest BCUT2D eigenvalue weighted by Crippen LogP contribution is 2.21. The molecule has 2 heterocycles. The molecule has 0 unspecified atom stereocenters. The van der Waals surface area contributed by atoms with Gasteiger partial charge in [0.1, 0.15) is 11.6 Å². The molecule has 0 spiro atoms. The molecule has 0 bridgehead atoms. The van der Waals surface area contributed by atoms with Crippen molar-refractivity contribution in [2.24, 2.45) is 0 Å². The highest BCUT2D eigenvalue weighted by molar-refractivity contribution is 5.91. The molecule has 5 rings (SSSR count). The molecule has 0 radical (unpaired) electrons. The fourth-order valence-corrected chi connectivity index (χ4v) is 3.83. The number of carbonyl (C=O) groups is 1. The van der Waals surface area contributed by atoms with Crippen LogP contribution in [0.25, 0.3) is 21.8 Å². The van der Waals surface area contributed by atoms with Gasteiger partial charge in [0.15, 0.2) is 5.76 Å². The third-order valence-corrected chi connectivity index (χ3v) is 5.40. The molecule has 0 aliphatic heterocycles. The Labute approximate surface area is 185 Å². The number of furan rings is 1. The lowest BCUT2D eigenvalue weighted by Crippen LogP contribution is -2.24. The van der Waals surface area contributed by atoms with Crippen LogP contribution in [-0.4, -0.2) is 22.1 Å². The number of carbonyl (C=O) groups excluding carboxylic acids is 1. The van der Waals surface area contributed by atoms with Crippen molar-refractivity contribution in [2.45, 2.75) is 19.5 Å². The van der Waals surface area contributed by atoms with E-state index < -0.39 is 0 Å². The van der Waals surface area contributed by atoms with Crippen molar-refractivity contribution in [1.82, 2.24) is 14.9 Å². The van der Waals surface area contributed by atoms with Crippen LogP contribution in [0.5, 0.6) is 5.75 Å². The molecule has 0 aliphatic carbocycles. The summed E-state index contributed by atoms with van der Waals surface area (Å²) in [5.41, 5.74) is 1.95. The van der Waals surface area contributed by atoms with Gasteiger partial charge in [-0.05, 0) is 53.6 Å². The zero-order chi connectivity index (χ0) is 21.8. The summed E-state index contributed by atoms with van der Waals surface area (Å²) in [6.45, 7) is 1.64. The second-order valence-electron chi connectivity index (χ2n) is 7.54.